The Morgan fingerprint density at radius 1 is 1.21 bits per heavy atom. The van der Waals surface area contributed by atoms with Crippen molar-refractivity contribution in [1.82, 2.24) is 9.29 Å². The average molecular weight is 349 g/mol. The summed E-state index contributed by atoms with van der Waals surface area (Å²) >= 11 is 0. The molecule has 0 saturated heterocycles. The number of nitrogens with one attached hydrogen (secondary N) is 1. The number of likely N-dealkylation sites (N-methyl/N-ethyl adjacent to an activating group) is 1. The van der Waals surface area contributed by atoms with Crippen molar-refractivity contribution in [3.8, 4) is 5.75 Å². The molecule has 24 heavy (non-hydrogen) atoms. The lowest BCUT2D eigenvalue weighted by atomic mass is 10.3. The Kier molecular flexibility index (Phi) is 5.53. The molecule has 0 saturated carbocycles. The maximum absolute atomic E-state index is 12.6. The fourth-order valence-corrected chi connectivity index (χ4v) is 3.36. The van der Waals surface area contributed by atoms with Gasteiger partial charge in [-0.1, -0.05) is 18.2 Å². The Bertz CT molecular complexity index is 837. The van der Waals surface area contributed by atoms with Gasteiger partial charge in [-0.25, -0.2) is 13.4 Å². The Hall–Kier alpha value is -2.45. The maximum Gasteiger partial charge on any atom is 0.246 e. The minimum absolute atomic E-state index is 0.0106. The normalized spacial score (nSPS) is 11.3. The smallest absolute Gasteiger partial charge is 0.246 e. The molecule has 128 valence electrons. The lowest BCUT2D eigenvalue weighted by molar-refractivity contribution is -0.116. The Morgan fingerprint density at radius 3 is 2.58 bits per heavy atom. The molecule has 0 bridgehead atoms. The van der Waals surface area contributed by atoms with Gasteiger partial charge in [-0.3, -0.25) is 4.79 Å². The van der Waals surface area contributed by atoms with E-state index in [1.54, 1.807) is 43.3 Å². The van der Waals surface area contributed by atoms with Crippen molar-refractivity contribution in [3.05, 3.63) is 48.2 Å². The van der Waals surface area contributed by atoms with Gasteiger partial charge < -0.3 is 10.1 Å². The van der Waals surface area contributed by atoms with E-state index in [9.17, 15) is 13.2 Å². The van der Waals surface area contributed by atoms with Crippen molar-refractivity contribution < 1.29 is 17.9 Å². The lowest BCUT2D eigenvalue weighted by Crippen LogP contribution is -2.35. The Morgan fingerprint density at radius 2 is 1.92 bits per heavy atom. The van der Waals surface area contributed by atoms with Gasteiger partial charge in [0.2, 0.25) is 15.9 Å². The van der Waals surface area contributed by atoms with E-state index in [2.05, 4.69) is 10.3 Å². The van der Waals surface area contributed by atoms with E-state index in [-0.39, 0.29) is 17.2 Å². The molecule has 2 aromatic rings. The van der Waals surface area contributed by atoms with Gasteiger partial charge in [0.1, 0.15) is 16.5 Å². The van der Waals surface area contributed by atoms with E-state index < -0.39 is 15.9 Å². The van der Waals surface area contributed by atoms with Crippen LogP contribution in [0.25, 0.3) is 0 Å². The molecular weight excluding hydrogens is 330 g/mol. The molecule has 1 N–H and O–H groups in total. The number of carbonyl (C=O) groups excluding carboxylic acids is 1. The molecule has 0 aliphatic carbocycles. The minimum atomic E-state index is -3.85. The van der Waals surface area contributed by atoms with Crippen LogP contribution in [-0.2, 0) is 14.8 Å². The zero-order valence-electron chi connectivity index (χ0n) is 13.7. The number of aryl methyl sites for hydroxylation is 1. The number of ether oxygens (including phenoxy) is 1. The predicted molar refractivity (Wildman–Crippen MR) is 90.4 cm³/mol. The van der Waals surface area contributed by atoms with E-state index in [1.807, 2.05) is 0 Å². The van der Waals surface area contributed by atoms with E-state index in [0.717, 1.165) is 10.00 Å². The highest BCUT2D eigenvalue weighted by Gasteiger charge is 2.26. The van der Waals surface area contributed by atoms with E-state index in [1.165, 1.54) is 20.2 Å². The van der Waals surface area contributed by atoms with Gasteiger partial charge in [-0.05, 0) is 31.2 Å². The second kappa shape index (κ2) is 7.41. The highest BCUT2D eigenvalue weighted by molar-refractivity contribution is 7.89. The summed E-state index contributed by atoms with van der Waals surface area (Å²) < 4.78 is 31.3. The third kappa shape index (κ3) is 4.09. The number of carbonyl (C=O) groups is 1. The molecule has 0 radical (unpaired) electrons. The summed E-state index contributed by atoms with van der Waals surface area (Å²) in [6.45, 7) is 1.46. The average Bonchev–Trinajstić information content (AvgIpc) is 2.54. The largest absolute Gasteiger partial charge is 0.495 e. The number of hydrogen-bond acceptors (Lipinski definition) is 5. The molecule has 1 aromatic heterocycles. The third-order valence-corrected chi connectivity index (χ3v) is 5.12. The highest BCUT2D eigenvalue weighted by Crippen LogP contribution is 2.25. The molecule has 1 heterocycles. The van der Waals surface area contributed by atoms with Crippen LogP contribution in [0.15, 0.2) is 47.4 Å². The Balaban J connectivity index is 2.13. The number of anilines is 1. The summed E-state index contributed by atoms with van der Waals surface area (Å²) in [4.78, 5) is 16.2. The molecule has 1 amide bonds. The summed E-state index contributed by atoms with van der Waals surface area (Å²) in [5.74, 6) is 0.127. The second-order valence-corrected chi connectivity index (χ2v) is 7.14. The third-order valence-electron chi connectivity index (χ3n) is 3.28. The first-order valence-electron chi connectivity index (χ1n) is 7.17. The van der Waals surface area contributed by atoms with Crippen LogP contribution in [0.5, 0.6) is 5.75 Å². The van der Waals surface area contributed by atoms with Gasteiger partial charge >= 0.3 is 0 Å². The van der Waals surface area contributed by atoms with Crippen LogP contribution in [-0.4, -0.2) is 44.3 Å². The van der Waals surface area contributed by atoms with Crippen LogP contribution in [0, 0.1) is 6.92 Å². The van der Waals surface area contributed by atoms with E-state index in [4.69, 9.17) is 4.74 Å². The highest BCUT2D eigenvalue weighted by atomic mass is 32.2. The van der Waals surface area contributed by atoms with Crippen LogP contribution in [0.1, 0.15) is 5.69 Å². The Labute approximate surface area is 141 Å². The maximum atomic E-state index is 12.6. The minimum Gasteiger partial charge on any atom is -0.495 e. The quantitative estimate of drug-likeness (QED) is 0.857. The fraction of sp³-hybridized carbons (Fsp3) is 0.250. The van der Waals surface area contributed by atoms with Crippen molar-refractivity contribution in [3.63, 3.8) is 0 Å². The first kappa shape index (κ1) is 17.9. The van der Waals surface area contributed by atoms with Crippen LogP contribution in [0.4, 0.5) is 5.82 Å². The summed E-state index contributed by atoms with van der Waals surface area (Å²) in [6, 6.07) is 11.5. The number of sulfonamides is 1. The molecule has 1 aromatic carbocycles. The van der Waals surface area contributed by atoms with Gasteiger partial charge in [0.25, 0.3) is 0 Å². The molecule has 0 fully saturated rings. The zero-order valence-corrected chi connectivity index (χ0v) is 14.5. The summed E-state index contributed by atoms with van der Waals surface area (Å²) in [5, 5.41) is 2.58. The zero-order chi connectivity index (χ0) is 17.7. The van der Waals surface area contributed by atoms with Gasteiger partial charge in [0, 0.05) is 12.7 Å². The SMILES string of the molecule is COc1ccccc1S(=O)(=O)N(C)CC(=O)Nc1cccc(C)n1. The van der Waals surface area contributed by atoms with Crippen LogP contribution < -0.4 is 10.1 Å². The lowest BCUT2D eigenvalue weighted by Gasteiger charge is -2.18. The van der Waals surface area contributed by atoms with Crippen molar-refractivity contribution in [2.75, 3.05) is 26.0 Å². The van der Waals surface area contributed by atoms with Crippen LogP contribution >= 0.6 is 0 Å². The molecule has 8 heteroatoms. The molecule has 0 atom stereocenters. The number of methoxy groups -OCH3 is 1. The van der Waals surface area contributed by atoms with Gasteiger partial charge in [0.05, 0.1) is 13.7 Å². The van der Waals surface area contributed by atoms with E-state index in [0.29, 0.717) is 5.82 Å². The number of para-hydroxylation sites is 1. The molecule has 7 nitrogen and oxygen atoms in total. The number of benzene rings is 1. The standard InChI is InChI=1S/C16H19N3O4S/c1-12-7-6-10-15(17-12)18-16(20)11-19(2)24(21,22)14-9-5-4-8-13(14)23-3/h4-10H,11H2,1-3H3,(H,17,18,20). The first-order chi connectivity index (χ1) is 11.3. The molecule has 0 spiro atoms. The van der Waals surface area contributed by atoms with Crippen molar-refractivity contribution >= 4 is 21.7 Å². The fourth-order valence-electron chi connectivity index (χ4n) is 2.08. The topological polar surface area (TPSA) is 88.6 Å². The van der Waals surface area contributed by atoms with Gasteiger partial charge in [-0.2, -0.15) is 4.31 Å². The van der Waals surface area contributed by atoms with Crippen molar-refractivity contribution in [2.45, 2.75) is 11.8 Å². The second-order valence-electron chi connectivity index (χ2n) is 5.12. The number of pyridine rings is 1. The predicted octanol–water partition coefficient (Wildman–Crippen LogP) is 1.66. The summed E-state index contributed by atoms with van der Waals surface area (Å²) in [7, 11) is -1.12. The molecule has 2 rings (SSSR count). The molecule has 0 aliphatic heterocycles. The number of rotatable bonds is 6. The number of hydrogen-bond donors (Lipinski definition) is 1. The van der Waals surface area contributed by atoms with Crippen LogP contribution in [0.2, 0.25) is 0 Å². The molecule has 0 unspecified atom stereocenters. The number of aromatic nitrogens is 1. The van der Waals surface area contributed by atoms with E-state index >= 15 is 0 Å². The van der Waals surface area contributed by atoms with Gasteiger partial charge in [-0.15, -0.1) is 0 Å². The van der Waals surface area contributed by atoms with Crippen LogP contribution in [0.3, 0.4) is 0 Å². The summed E-state index contributed by atoms with van der Waals surface area (Å²) in [5.41, 5.74) is 0.753. The number of amides is 1. The van der Waals surface area contributed by atoms with Crippen molar-refractivity contribution in [1.29, 1.82) is 0 Å². The number of nitrogens with zero attached hydrogens (tertiary/aromatic N) is 2. The van der Waals surface area contributed by atoms with Gasteiger partial charge in [0.15, 0.2) is 0 Å². The molecule has 0 aliphatic rings. The monoisotopic (exact) mass is 349 g/mol. The first-order valence-corrected chi connectivity index (χ1v) is 8.61. The summed E-state index contributed by atoms with van der Waals surface area (Å²) in [6.07, 6.45) is 0. The molecular formula is C16H19N3O4S. The van der Waals surface area contributed by atoms with Crippen molar-refractivity contribution in [2.24, 2.45) is 0 Å².